The molecule has 10 heavy (non-hydrogen) atoms. The van der Waals surface area contributed by atoms with Gasteiger partial charge in [0, 0.05) is 7.85 Å². The van der Waals surface area contributed by atoms with Gasteiger partial charge >= 0.3 is 0 Å². The Hall–Kier alpha value is 1.46. The third-order valence-electron chi connectivity index (χ3n) is 1.78. The first-order valence-corrected chi connectivity index (χ1v) is 6.11. The Balaban J connectivity index is 3.69. The van der Waals surface area contributed by atoms with E-state index in [0.717, 1.165) is 9.84 Å². The summed E-state index contributed by atoms with van der Waals surface area (Å²) in [5, 5.41) is 0. The Labute approximate surface area is 91.8 Å². The molecule has 0 spiro atoms. The van der Waals surface area contributed by atoms with Gasteiger partial charge in [0.05, 0.1) is 0 Å². The van der Waals surface area contributed by atoms with Gasteiger partial charge in [-0.15, -0.1) is 0 Å². The van der Waals surface area contributed by atoms with Crippen LogP contribution in [0, 0.1) is 9.84 Å². The predicted octanol–water partition coefficient (Wildman–Crippen LogP) is 4.21. The Morgan fingerprint density at radius 1 is 1.40 bits per heavy atom. The van der Waals surface area contributed by atoms with Crippen LogP contribution in [0.3, 0.4) is 0 Å². The van der Waals surface area contributed by atoms with E-state index in [0.29, 0.717) is 0 Å². The minimum absolute atomic E-state index is 0.771. The molecule has 0 aliphatic rings. The number of rotatable bonds is 4. The van der Waals surface area contributed by atoms with Crippen LogP contribution in [-0.2, 0) is 0 Å². The lowest BCUT2D eigenvalue weighted by atomic mass is 10.0. The molecule has 0 bridgehead atoms. The van der Waals surface area contributed by atoms with E-state index in [-0.39, 0.29) is 0 Å². The van der Waals surface area contributed by atoms with Crippen molar-refractivity contribution in [2.75, 3.05) is 0 Å². The molecule has 0 aliphatic heterocycles. The average molecular weight is 365 g/mol. The van der Waals surface area contributed by atoms with Crippen molar-refractivity contribution in [1.82, 2.24) is 0 Å². The van der Waals surface area contributed by atoms with Crippen molar-refractivity contribution in [2.45, 2.75) is 37.5 Å². The second-order valence-electron chi connectivity index (χ2n) is 2.59. The van der Waals surface area contributed by atoms with Crippen LogP contribution >= 0.6 is 45.2 Å². The lowest BCUT2D eigenvalue weighted by Gasteiger charge is -2.20. The topological polar surface area (TPSA) is 0 Å². The molecule has 0 aromatic rings. The number of hydrogen-bond acceptors (Lipinski definition) is 0. The van der Waals surface area contributed by atoms with Crippen LogP contribution in [-0.4, -0.2) is 3.92 Å². The van der Waals surface area contributed by atoms with Crippen LogP contribution in [0.5, 0.6) is 0 Å². The van der Waals surface area contributed by atoms with E-state index in [1.165, 1.54) is 12.8 Å². The van der Waals surface area contributed by atoms with Gasteiger partial charge in [0.1, 0.15) is 0 Å². The molecule has 0 amide bonds. The first-order valence-electron chi connectivity index (χ1n) is 3.78. The number of alkyl halides is 1. The highest BCUT2D eigenvalue weighted by atomic mass is 127. The van der Waals surface area contributed by atoms with E-state index in [9.17, 15) is 0 Å². The second kappa shape index (κ2) is 6.03. The Bertz CT molecular complexity index is 73.3. The third kappa shape index (κ3) is 3.74. The van der Waals surface area contributed by atoms with Crippen molar-refractivity contribution in [3.05, 3.63) is 3.92 Å². The van der Waals surface area contributed by atoms with Gasteiger partial charge in [0.25, 0.3) is 0 Å². The summed E-state index contributed by atoms with van der Waals surface area (Å²) >= 11 is 5.03. The Morgan fingerprint density at radius 3 is 2.20 bits per heavy atom. The maximum absolute atomic E-state index is 2.55. The van der Waals surface area contributed by atoms with Gasteiger partial charge in [0.15, 0.2) is 0 Å². The molecule has 0 nitrogen and oxygen atoms in total. The molecular weight excluding hydrogens is 350 g/mol. The zero-order chi connectivity index (χ0) is 8.15. The third-order valence-corrected chi connectivity index (χ3v) is 6.39. The van der Waals surface area contributed by atoms with Crippen molar-refractivity contribution in [3.8, 4) is 0 Å². The summed E-state index contributed by atoms with van der Waals surface area (Å²) in [6.45, 7) is 6.82. The predicted molar refractivity (Wildman–Crippen MR) is 64.8 cm³/mol. The van der Waals surface area contributed by atoms with E-state index < -0.39 is 0 Å². The molecule has 0 aromatic carbocycles. The molecule has 2 unspecified atom stereocenters. The minimum atomic E-state index is 0.771. The van der Waals surface area contributed by atoms with Gasteiger partial charge in [-0.05, 0) is 12.3 Å². The van der Waals surface area contributed by atoms with Crippen molar-refractivity contribution in [1.29, 1.82) is 0 Å². The first-order chi connectivity index (χ1) is 4.63. The lowest BCUT2D eigenvalue weighted by Crippen LogP contribution is -2.14. The van der Waals surface area contributed by atoms with E-state index in [1.54, 1.807) is 3.92 Å². The Kier molecular flexibility index (Phi) is 6.91. The van der Waals surface area contributed by atoms with Crippen molar-refractivity contribution in [2.24, 2.45) is 5.92 Å². The van der Waals surface area contributed by atoms with E-state index in [1.807, 2.05) is 0 Å². The van der Waals surface area contributed by atoms with Crippen molar-refractivity contribution >= 4 is 45.2 Å². The fraction of sp³-hybridized carbons (Fsp3) is 0.875. The zero-order valence-electron chi connectivity index (χ0n) is 6.82. The summed E-state index contributed by atoms with van der Waals surface area (Å²) in [7, 11) is 0. The molecule has 0 N–H and O–H groups in total. The summed E-state index contributed by atoms with van der Waals surface area (Å²) < 4.78 is 2.38. The molecular formula is C8H15I2. The SMILES string of the molecule is CC[C](I)C(I)C(C)CC. The van der Waals surface area contributed by atoms with Crippen LogP contribution < -0.4 is 0 Å². The molecule has 2 atom stereocenters. The van der Waals surface area contributed by atoms with Crippen molar-refractivity contribution in [3.63, 3.8) is 0 Å². The molecule has 2 heteroatoms. The van der Waals surface area contributed by atoms with Gasteiger partial charge in [0.2, 0.25) is 0 Å². The van der Waals surface area contributed by atoms with Crippen LogP contribution in [0.2, 0.25) is 0 Å². The molecule has 61 valence electrons. The molecule has 0 heterocycles. The smallest absolute Gasteiger partial charge is 0.0495 e. The highest BCUT2D eigenvalue weighted by molar-refractivity contribution is 14.1. The largest absolute Gasteiger partial charge is 0.0808 e. The monoisotopic (exact) mass is 365 g/mol. The standard InChI is InChI=1S/C8H15I2/c1-4-6(3)8(10)7(9)5-2/h6,8H,4-5H2,1-3H3. The fourth-order valence-electron chi connectivity index (χ4n) is 0.711. The average Bonchev–Trinajstić information content (AvgIpc) is 2.00. The van der Waals surface area contributed by atoms with Crippen LogP contribution in [0.1, 0.15) is 33.6 Å². The maximum atomic E-state index is 2.55. The zero-order valence-corrected chi connectivity index (χ0v) is 11.1. The van der Waals surface area contributed by atoms with Gasteiger partial charge in [-0.3, -0.25) is 0 Å². The summed E-state index contributed by atoms with van der Waals surface area (Å²) in [5.41, 5.74) is 0. The number of hydrogen-bond donors (Lipinski definition) is 0. The first kappa shape index (κ1) is 11.5. The molecule has 0 fully saturated rings. The van der Waals surface area contributed by atoms with E-state index >= 15 is 0 Å². The molecule has 0 rings (SSSR count). The van der Waals surface area contributed by atoms with Crippen LogP contribution in [0.15, 0.2) is 0 Å². The molecule has 0 aliphatic carbocycles. The van der Waals surface area contributed by atoms with E-state index in [4.69, 9.17) is 0 Å². The molecule has 0 saturated carbocycles. The van der Waals surface area contributed by atoms with E-state index in [2.05, 4.69) is 66.0 Å². The summed E-state index contributed by atoms with van der Waals surface area (Å²) in [6, 6.07) is 0. The summed E-state index contributed by atoms with van der Waals surface area (Å²) in [6.07, 6.45) is 2.51. The minimum Gasteiger partial charge on any atom is -0.0808 e. The van der Waals surface area contributed by atoms with Gasteiger partial charge < -0.3 is 0 Å². The van der Waals surface area contributed by atoms with Gasteiger partial charge in [-0.2, -0.15) is 0 Å². The normalized spacial score (nSPS) is 17.4. The fourth-order valence-corrected chi connectivity index (χ4v) is 2.27. The summed E-state index contributed by atoms with van der Waals surface area (Å²) in [5.74, 6) is 0.840. The number of halogens is 2. The maximum Gasteiger partial charge on any atom is 0.0495 e. The quantitative estimate of drug-likeness (QED) is 0.517. The molecule has 1 radical (unpaired) electrons. The van der Waals surface area contributed by atoms with Gasteiger partial charge in [-0.25, -0.2) is 0 Å². The lowest BCUT2D eigenvalue weighted by molar-refractivity contribution is 0.570. The highest BCUT2D eigenvalue weighted by Gasteiger charge is 2.19. The summed E-state index contributed by atoms with van der Waals surface area (Å²) in [4.78, 5) is 0. The Morgan fingerprint density at radius 2 is 1.90 bits per heavy atom. The van der Waals surface area contributed by atoms with Crippen LogP contribution in [0.4, 0.5) is 0 Å². The second-order valence-corrected chi connectivity index (χ2v) is 5.32. The van der Waals surface area contributed by atoms with Crippen LogP contribution in [0.25, 0.3) is 0 Å². The molecule has 0 saturated heterocycles. The van der Waals surface area contributed by atoms with Crippen molar-refractivity contribution < 1.29 is 0 Å². The highest BCUT2D eigenvalue weighted by Crippen LogP contribution is 2.32. The molecule has 0 aromatic heterocycles. The van der Waals surface area contributed by atoms with Gasteiger partial charge in [-0.1, -0.05) is 72.4 Å².